The van der Waals surface area contributed by atoms with Crippen LogP contribution >= 0.6 is 11.3 Å². The fraction of sp³-hybridized carbons (Fsp3) is 0.444. The molecular weight excluding hydrogens is 368 g/mol. The molecule has 0 N–H and O–H groups in total. The summed E-state index contributed by atoms with van der Waals surface area (Å²) >= 11 is 1.33. The summed E-state index contributed by atoms with van der Waals surface area (Å²) in [6.45, 7) is 3.23. The molecule has 2 aliphatic rings. The maximum atomic E-state index is 12.8. The van der Waals surface area contributed by atoms with Gasteiger partial charge in [0.15, 0.2) is 5.06 Å². The fourth-order valence-electron chi connectivity index (χ4n) is 3.79. The van der Waals surface area contributed by atoms with Crippen molar-refractivity contribution in [3.8, 4) is 5.06 Å². The summed E-state index contributed by atoms with van der Waals surface area (Å²) in [5.74, 6) is -0.199. The summed E-state index contributed by atoms with van der Waals surface area (Å²) in [4.78, 5) is 41.5. The molecule has 2 bridgehead atoms. The minimum absolute atomic E-state index is 0.0108. The van der Waals surface area contributed by atoms with Crippen molar-refractivity contribution in [2.24, 2.45) is 0 Å². The van der Waals surface area contributed by atoms with E-state index in [1.807, 2.05) is 11.8 Å². The Kier molecular flexibility index (Phi) is 4.47. The number of hydrogen-bond donors (Lipinski definition) is 0. The number of rotatable bonds is 4. The van der Waals surface area contributed by atoms with Gasteiger partial charge in [0.1, 0.15) is 5.69 Å². The Bertz CT molecular complexity index is 953. The Morgan fingerprint density at radius 2 is 1.85 bits per heavy atom. The van der Waals surface area contributed by atoms with Crippen molar-refractivity contribution < 1.29 is 14.3 Å². The molecule has 2 fully saturated rings. The first-order chi connectivity index (χ1) is 13.0. The third-order valence-electron chi connectivity index (χ3n) is 5.14. The molecule has 2 atom stereocenters. The summed E-state index contributed by atoms with van der Waals surface area (Å²) in [5, 5.41) is 4.86. The second-order valence-corrected chi connectivity index (χ2v) is 7.70. The van der Waals surface area contributed by atoms with Crippen molar-refractivity contribution in [1.29, 1.82) is 0 Å². The first kappa shape index (κ1) is 17.7. The molecule has 2 aromatic heterocycles. The maximum absolute atomic E-state index is 12.8. The van der Waals surface area contributed by atoms with Crippen LogP contribution < -0.4 is 10.3 Å². The van der Waals surface area contributed by atoms with Crippen LogP contribution in [0.4, 0.5) is 0 Å². The van der Waals surface area contributed by atoms with Gasteiger partial charge in [0.25, 0.3) is 17.4 Å². The van der Waals surface area contributed by atoms with Crippen LogP contribution in [0.25, 0.3) is 0 Å². The first-order valence-electron chi connectivity index (χ1n) is 8.85. The van der Waals surface area contributed by atoms with Crippen molar-refractivity contribution in [3.63, 3.8) is 0 Å². The third-order valence-corrected chi connectivity index (χ3v) is 6.18. The molecule has 2 aliphatic heterocycles. The lowest BCUT2D eigenvalue weighted by atomic mass is 10.2. The molecule has 9 heteroatoms. The van der Waals surface area contributed by atoms with Crippen molar-refractivity contribution in [3.05, 3.63) is 45.2 Å². The van der Waals surface area contributed by atoms with Crippen molar-refractivity contribution in [2.75, 3.05) is 20.2 Å². The van der Waals surface area contributed by atoms with Gasteiger partial charge in [-0.15, -0.1) is 0 Å². The highest BCUT2D eigenvalue weighted by atomic mass is 32.1. The zero-order valence-electron chi connectivity index (χ0n) is 15.1. The summed E-state index contributed by atoms with van der Waals surface area (Å²) < 4.78 is 6.44. The molecule has 2 saturated heterocycles. The predicted octanol–water partition coefficient (Wildman–Crippen LogP) is 1.07. The van der Waals surface area contributed by atoms with Gasteiger partial charge >= 0.3 is 0 Å². The second-order valence-electron chi connectivity index (χ2n) is 6.65. The molecule has 0 aromatic carbocycles. The van der Waals surface area contributed by atoms with Crippen LogP contribution in [0.5, 0.6) is 5.06 Å². The van der Waals surface area contributed by atoms with Gasteiger partial charge in [0.05, 0.1) is 24.1 Å². The number of amides is 2. The van der Waals surface area contributed by atoms with Gasteiger partial charge in [-0.05, 0) is 31.5 Å². The van der Waals surface area contributed by atoms with Crippen LogP contribution in [0.15, 0.2) is 29.1 Å². The topological polar surface area (TPSA) is 84.7 Å². The monoisotopic (exact) mass is 388 g/mol. The Balaban J connectivity index is 1.47. The Hall–Kier alpha value is -2.68. The Labute approximate surface area is 160 Å². The van der Waals surface area contributed by atoms with E-state index in [0.29, 0.717) is 29.6 Å². The molecule has 2 aromatic rings. The molecule has 0 radical (unpaired) electrons. The molecule has 4 rings (SSSR count). The summed E-state index contributed by atoms with van der Waals surface area (Å²) in [6, 6.07) is 6.41. The quantitative estimate of drug-likeness (QED) is 0.782. The van der Waals surface area contributed by atoms with E-state index in [2.05, 4.69) is 5.10 Å². The summed E-state index contributed by atoms with van der Waals surface area (Å²) in [6.07, 6.45) is 0.771. The highest BCUT2D eigenvalue weighted by Gasteiger charge is 2.47. The molecule has 0 unspecified atom stereocenters. The third kappa shape index (κ3) is 3.01. The molecule has 0 saturated carbocycles. The number of ether oxygens (including phenoxy) is 1. The van der Waals surface area contributed by atoms with Crippen LogP contribution in [-0.4, -0.2) is 63.7 Å². The second kappa shape index (κ2) is 6.80. The van der Waals surface area contributed by atoms with Crippen molar-refractivity contribution in [1.82, 2.24) is 19.6 Å². The lowest BCUT2D eigenvalue weighted by Crippen LogP contribution is -2.50. The smallest absolute Gasteiger partial charge is 0.274 e. The molecule has 0 aliphatic carbocycles. The average Bonchev–Trinajstić information content (AvgIpc) is 3.42. The number of thiophene rings is 1. The number of carbonyl (C=O) groups is 2. The molecular formula is C18H20N4O4S. The largest absolute Gasteiger partial charge is 0.487 e. The lowest BCUT2D eigenvalue weighted by molar-refractivity contribution is 0.0524. The highest BCUT2D eigenvalue weighted by molar-refractivity contribution is 7.15. The van der Waals surface area contributed by atoms with Gasteiger partial charge in [-0.2, -0.15) is 5.10 Å². The van der Waals surface area contributed by atoms with Crippen LogP contribution in [0.3, 0.4) is 0 Å². The van der Waals surface area contributed by atoms with E-state index in [9.17, 15) is 14.4 Å². The van der Waals surface area contributed by atoms with Crippen LogP contribution in [0, 0.1) is 0 Å². The number of nitrogens with zero attached hydrogens (tertiary/aromatic N) is 4. The molecule has 27 heavy (non-hydrogen) atoms. The van der Waals surface area contributed by atoms with Crippen LogP contribution in [-0.2, 0) is 6.54 Å². The lowest BCUT2D eigenvalue weighted by Gasteiger charge is -2.33. The highest BCUT2D eigenvalue weighted by Crippen LogP contribution is 2.34. The van der Waals surface area contributed by atoms with Gasteiger partial charge in [0.2, 0.25) is 0 Å². The SMILES string of the molecule is CCn1nc(C(=O)N2C[C@@H]3C[C@H]2CN3C(=O)c2ccc(OC)s2)ccc1=O. The predicted molar refractivity (Wildman–Crippen MR) is 99.3 cm³/mol. The van der Waals surface area contributed by atoms with Gasteiger partial charge < -0.3 is 14.5 Å². The fourth-order valence-corrected chi connectivity index (χ4v) is 4.56. The van der Waals surface area contributed by atoms with Crippen LogP contribution in [0.2, 0.25) is 0 Å². The van der Waals surface area contributed by atoms with E-state index < -0.39 is 0 Å². The molecule has 8 nitrogen and oxygen atoms in total. The minimum atomic E-state index is -0.222. The van der Waals surface area contributed by atoms with E-state index in [-0.39, 0.29) is 35.2 Å². The first-order valence-corrected chi connectivity index (χ1v) is 9.67. The summed E-state index contributed by atoms with van der Waals surface area (Å²) in [5.41, 5.74) is 0.0463. The number of likely N-dealkylation sites (tertiary alicyclic amines) is 2. The number of fused-ring (bicyclic) bond motifs is 2. The van der Waals surface area contributed by atoms with Gasteiger partial charge in [0, 0.05) is 25.7 Å². The van der Waals surface area contributed by atoms with E-state index in [1.165, 1.54) is 28.2 Å². The van der Waals surface area contributed by atoms with Crippen molar-refractivity contribution in [2.45, 2.75) is 32.0 Å². The average molecular weight is 388 g/mol. The number of carbonyl (C=O) groups excluding carboxylic acids is 2. The zero-order chi connectivity index (χ0) is 19.1. The minimum Gasteiger partial charge on any atom is -0.487 e. The summed E-state index contributed by atoms with van der Waals surface area (Å²) in [7, 11) is 1.58. The number of piperazine rings is 1. The number of methoxy groups -OCH3 is 1. The molecule has 4 heterocycles. The van der Waals surface area contributed by atoms with Gasteiger partial charge in [-0.1, -0.05) is 11.3 Å². The number of aromatic nitrogens is 2. The Morgan fingerprint density at radius 3 is 2.44 bits per heavy atom. The van der Waals surface area contributed by atoms with E-state index >= 15 is 0 Å². The standard InChI is InChI=1S/C18H20N4O4S/c1-3-22-15(23)6-4-13(19-22)17(24)20-9-12-8-11(20)10-21(12)18(25)14-5-7-16(26-2)27-14/h4-7,11-12H,3,8-10H2,1-2H3/t11-,12-/m0/s1. The molecule has 0 spiro atoms. The van der Waals surface area contributed by atoms with Gasteiger partial charge in [-0.3, -0.25) is 14.4 Å². The van der Waals surface area contributed by atoms with E-state index in [1.54, 1.807) is 24.1 Å². The van der Waals surface area contributed by atoms with Gasteiger partial charge in [-0.25, -0.2) is 4.68 Å². The van der Waals surface area contributed by atoms with E-state index in [0.717, 1.165) is 6.42 Å². The molecule has 2 amide bonds. The molecule has 142 valence electrons. The zero-order valence-corrected chi connectivity index (χ0v) is 15.9. The van der Waals surface area contributed by atoms with E-state index in [4.69, 9.17) is 4.74 Å². The number of aryl methyl sites for hydroxylation is 1. The normalized spacial score (nSPS) is 21.0. The Morgan fingerprint density at radius 1 is 1.15 bits per heavy atom. The number of hydrogen-bond acceptors (Lipinski definition) is 6. The maximum Gasteiger partial charge on any atom is 0.274 e. The van der Waals surface area contributed by atoms with Crippen molar-refractivity contribution >= 4 is 23.2 Å². The van der Waals surface area contributed by atoms with Crippen LogP contribution in [0.1, 0.15) is 33.5 Å².